The lowest BCUT2D eigenvalue weighted by atomic mass is 10.2. The smallest absolute Gasteiger partial charge is 0.270 e. The van der Waals surface area contributed by atoms with Crippen molar-refractivity contribution in [3.63, 3.8) is 0 Å². The van der Waals surface area contributed by atoms with Gasteiger partial charge < -0.3 is 0 Å². The molecule has 1 aromatic rings. The van der Waals surface area contributed by atoms with Crippen LogP contribution in [0.25, 0.3) is 0 Å². The summed E-state index contributed by atoms with van der Waals surface area (Å²) in [6.45, 7) is 0. The van der Waals surface area contributed by atoms with E-state index in [1.165, 1.54) is 6.07 Å². The molecule has 0 atom stereocenters. The molecular formula is C8H5ClINO2. The molecule has 0 saturated heterocycles. The molecule has 13 heavy (non-hydrogen) atoms. The van der Waals surface area contributed by atoms with E-state index in [4.69, 9.17) is 11.6 Å². The molecule has 1 heterocycles. The first-order valence-corrected chi connectivity index (χ1v) is 5.31. The number of aromatic nitrogens is 1. The van der Waals surface area contributed by atoms with Crippen LogP contribution >= 0.6 is 34.2 Å². The summed E-state index contributed by atoms with van der Waals surface area (Å²) < 4.78 is 0.338. The number of hydrogen-bond acceptors (Lipinski definition) is 3. The highest BCUT2D eigenvalue weighted by molar-refractivity contribution is 14.1. The molecule has 0 aliphatic rings. The predicted molar refractivity (Wildman–Crippen MR) is 57.6 cm³/mol. The first-order valence-electron chi connectivity index (χ1n) is 3.41. The van der Waals surface area contributed by atoms with Gasteiger partial charge in [0.1, 0.15) is 11.4 Å². The maximum absolute atomic E-state index is 11.2. The molecule has 1 aromatic heterocycles. The Bertz CT molecular complexity index is 354. The van der Waals surface area contributed by atoms with Gasteiger partial charge in [0.25, 0.3) is 5.24 Å². The van der Waals surface area contributed by atoms with Crippen LogP contribution in [0.4, 0.5) is 0 Å². The molecule has 0 spiro atoms. The van der Waals surface area contributed by atoms with Gasteiger partial charge in [0.15, 0.2) is 5.78 Å². The van der Waals surface area contributed by atoms with E-state index in [0.29, 0.717) is 4.43 Å². The number of alkyl halides is 1. The molecule has 0 bridgehead atoms. The van der Waals surface area contributed by atoms with Crippen molar-refractivity contribution in [1.29, 1.82) is 0 Å². The second-order valence-electron chi connectivity index (χ2n) is 2.24. The summed E-state index contributed by atoms with van der Waals surface area (Å²) in [5.41, 5.74) is 0.387. The Kier molecular flexibility index (Phi) is 3.80. The summed E-state index contributed by atoms with van der Waals surface area (Å²) in [7, 11) is 0. The van der Waals surface area contributed by atoms with E-state index in [1.54, 1.807) is 12.1 Å². The first kappa shape index (κ1) is 10.6. The van der Waals surface area contributed by atoms with Crippen molar-refractivity contribution in [3.8, 4) is 0 Å². The van der Waals surface area contributed by atoms with Gasteiger partial charge in [0.05, 0.1) is 4.43 Å². The van der Waals surface area contributed by atoms with Gasteiger partial charge in [-0.15, -0.1) is 0 Å². The standard InChI is InChI=1S/C8H5ClINO2/c9-8(13)6-3-1-2-5(11-6)7(12)4-10/h1-3H,4H2. The minimum Gasteiger partial charge on any atom is -0.292 e. The SMILES string of the molecule is O=C(Cl)c1cccc(C(=O)CI)n1. The minimum atomic E-state index is -0.650. The Morgan fingerprint density at radius 1 is 1.38 bits per heavy atom. The van der Waals surface area contributed by atoms with Crippen LogP contribution in [0, 0.1) is 0 Å². The molecule has 3 nitrogen and oxygen atoms in total. The summed E-state index contributed by atoms with van der Waals surface area (Å²) in [4.78, 5) is 25.7. The fraction of sp³-hybridized carbons (Fsp3) is 0.125. The monoisotopic (exact) mass is 309 g/mol. The van der Waals surface area contributed by atoms with Crippen LogP contribution in [-0.4, -0.2) is 20.4 Å². The van der Waals surface area contributed by atoms with E-state index in [1.807, 2.05) is 22.6 Å². The second-order valence-corrected chi connectivity index (χ2v) is 3.34. The van der Waals surface area contributed by atoms with Crippen LogP contribution in [0.1, 0.15) is 21.0 Å². The van der Waals surface area contributed by atoms with Crippen molar-refractivity contribution in [3.05, 3.63) is 29.6 Å². The van der Waals surface area contributed by atoms with Gasteiger partial charge in [-0.3, -0.25) is 9.59 Å². The zero-order chi connectivity index (χ0) is 9.84. The Morgan fingerprint density at radius 2 is 2.00 bits per heavy atom. The lowest BCUT2D eigenvalue weighted by molar-refractivity contribution is 0.102. The number of rotatable bonds is 3. The Morgan fingerprint density at radius 3 is 2.54 bits per heavy atom. The number of hydrogen-bond donors (Lipinski definition) is 0. The maximum atomic E-state index is 11.2. The van der Waals surface area contributed by atoms with Crippen LogP contribution in [0.2, 0.25) is 0 Å². The predicted octanol–water partition coefficient (Wildman–Crippen LogP) is 2.08. The highest BCUT2D eigenvalue weighted by Gasteiger charge is 2.08. The van der Waals surface area contributed by atoms with Crippen LogP contribution < -0.4 is 0 Å². The fourth-order valence-corrected chi connectivity index (χ4v) is 1.26. The highest BCUT2D eigenvalue weighted by atomic mass is 127. The summed E-state index contributed by atoms with van der Waals surface area (Å²) in [6.07, 6.45) is 0. The number of carbonyl (C=O) groups is 2. The molecule has 1 rings (SSSR count). The van der Waals surface area contributed by atoms with E-state index in [0.717, 1.165) is 0 Å². The summed E-state index contributed by atoms with van der Waals surface area (Å²) in [6, 6.07) is 4.62. The number of pyridine rings is 1. The molecule has 5 heteroatoms. The molecule has 0 aliphatic carbocycles. The van der Waals surface area contributed by atoms with Crippen molar-refractivity contribution in [2.45, 2.75) is 0 Å². The molecule has 0 fully saturated rings. The zero-order valence-corrected chi connectivity index (χ0v) is 9.37. The summed E-state index contributed by atoms with van der Waals surface area (Å²) in [5.74, 6) is -0.111. The zero-order valence-electron chi connectivity index (χ0n) is 6.46. The van der Waals surface area contributed by atoms with Crippen molar-refractivity contribution in [2.24, 2.45) is 0 Å². The van der Waals surface area contributed by atoms with Crippen LogP contribution in [0.15, 0.2) is 18.2 Å². The van der Waals surface area contributed by atoms with Crippen molar-refractivity contribution >= 4 is 45.2 Å². The molecule has 0 radical (unpaired) electrons. The number of halogens is 2. The van der Waals surface area contributed by atoms with Crippen LogP contribution in [0.5, 0.6) is 0 Å². The number of Topliss-reactive ketones (excluding diaryl/α,β-unsaturated/α-hetero) is 1. The molecular weight excluding hydrogens is 304 g/mol. The van der Waals surface area contributed by atoms with Crippen molar-refractivity contribution in [2.75, 3.05) is 4.43 Å². The van der Waals surface area contributed by atoms with Gasteiger partial charge in [-0.05, 0) is 23.7 Å². The fourth-order valence-electron chi connectivity index (χ4n) is 0.768. The Hall–Kier alpha value is -0.490. The molecule has 0 N–H and O–H groups in total. The third-order valence-corrected chi connectivity index (χ3v) is 2.24. The Labute approximate surface area is 93.6 Å². The van der Waals surface area contributed by atoms with Gasteiger partial charge in [0.2, 0.25) is 0 Å². The van der Waals surface area contributed by atoms with Gasteiger partial charge in [0, 0.05) is 0 Å². The van der Waals surface area contributed by atoms with Gasteiger partial charge in [-0.1, -0.05) is 28.7 Å². The number of nitrogens with zero attached hydrogens (tertiary/aromatic N) is 1. The average Bonchev–Trinajstić information content (AvgIpc) is 2.17. The molecule has 0 aromatic carbocycles. The van der Waals surface area contributed by atoms with Gasteiger partial charge in [-0.25, -0.2) is 4.98 Å². The summed E-state index contributed by atoms with van der Waals surface area (Å²) >= 11 is 7.15. The summed E-state index contributed by atoms with van der Waals surface area (Å²) in [5, 5.41) is -0.650. The third kappa shape index (κ3) is 2.73. The van der Waals surface area contributed by atoms with E-state index >= 15 is 0 Å². The van der Waals surface area contributed by atoms with Crippen molar-refractivity contribution in [1.82, 2.24) is 4.98 Å². The molecule has 0 aliphatic heterocycles. The molecule has 0 saturated carbocycles. The van der Waals surface area contributed by atoms with Gasteiger partial charge in [-0.2, -0.15) is 0 Å². The Balaban J connectivity index is 3.05. The number of ketones is 1. The van der Waals surface area contributed by atoms with Crippen LogP contribution in [0.3, 0.4) is 0 Å². The molecule has 68 valence electrons. The minimum absolute atomic E-state index is 0.109. The van der Waals surface area contributed by atoms with E-state index in [9.17, 15) is 9.59 Å². The quantitative estimate of drug-likeness (QED) is 0.372. The topological polar surface area (TPSA) is 47.0 Å². The molecule has 0 amide bonds. The van der Waals surface area contributed by atoms with Crippen molar-refractivity contribution < 1.29 is 9.59 Å². The van der Waals surface area contributed by atoms with Gasteiger partial charge >= 0.3 is 0 Å². The van der Waals surface area contributed by atoms with E-state index in [2.05, 4.69) is 4.98 Å². The lowest BCUT2D eigenvalue weighted by Crippen LogP contribution is -2.05. The highest BCUT2D eigenvalue weighted by Crippen LogP contribution is 2.04. The van der Waals surface area contributed by atoms with E-state index in [-0.39, 0.29) is 17.2 Å². The largest absolute Gasteiger partial charge is 0.292 e. The van der Waals surface area contributed by atoms with E-state index < -0.39 is 5.24 Å². The second kappa shape index (κ2) is 4.66. The normalized spacial score (nSPS) is 9.69. The van der Waals surface area contributed by atoms with Crippen LogP contribution in [-0.2, 0) is 0 Å². The first-order chi connectivity index (χ1) is 6.15. The number of carbonyl (C=O) groups excluding carboxylic acids is 2. The molecule has 0 unspecified atom stereocenters. The third-order valence-electron chi connectivity index (χ3n) is 1.36. The average molecular weight is 309 g/mol. The maximum Gasteiger partial charge on any atom is 0.270 e. The lowest BCUT2D eigenvalue weighted by Gasteiger charge is -1.97.